The Morgan fingerprint density at radius 2 is 2.11 bits per heavy atom. The molecule has 8 nitrogen and oxygen atoms in total. The monoisotopic (exact) mass is 549 g/mol. The zero-order chi connectivity index (χ0) is 25.4. The number of nitrogens with one attached hydrogen (secondary N) is 1. The van der Waals surface area contributed by atoms with Crippen LogP contribution in [0.3, 0.4) is 0 Å². The Labute approximate surface area is 208 Å². The number of carbonyl (C=O) groups excluding carboxylic acids is 1. The number of thiophene rings is 1. The molecule has 0 amide bonds. The zero-order valence-electron chi connectivity index (χ0n) is 18.7. The molecule has 0 saturated carbocycles. The molecule has 0 radical (unpaired) electrons. The molecule has 0 fully saturated rings. The normalized spacial score (nSPS) is 19.6. The summed E-state index contributed by atoms with van der Waals surface area (Å²) in [4.78, 5) is 16.3. The van der Waals surface area contributed by atoms with Gasteiger partial charge in [-0.05, 0) is 30.0 Å². The van der Waals surface area contributed by atoms with Gasteiger partial charge in [-0.3, -0.25) is 14.1 Å². The Hall–Kier alpha value is -2.45. The fourth-order valence-electron chi connectivity index (χ4n) is 3.84. The van der Waals surface area contributed by atoms with E-state index < -0.39 is 22.1 Å². The summed E-state index contributed by atoms with van der Waals surface area (Å²) in [5.41, 5.74) is 0.894. The van der Waals surface area contributed by atoms with E-state index >= 15 is 0 Å². The highest BCUT2D eigenvalue weighted by atomic mass is 32.2. The summed E-state index contributed by atoms with van der Waals surface area (Å²) in [5, 5.41) is 5.43. The third kappa shape index (κ3) is 5.70. The Balaban J connectivity index is 1.61. The van der Waals surface area contributed by atoms with Gasteiger partial charge < -0.3 is 14.8 Å². The molecule has 0 saturated heterocycles. The number of thioether (sulfide) groups is 1. The fourth-order valence-corrected chi connectivity index (χ4v) is 7.36. The summed E-state index contributed by atoms with van der Waals surface area (Å²) in [7, 11) is -2.72. The maximum absolute atomic E-state index is 13.1. The standard InChI is InChI=1S/C21H22F3N3O5S3/c1-3-31-17(28)10-14-11-25-20(34-14)15-8-12-7-13(32-21(22,23)24)9-16(19(12)26-15)27(2)35(29,30)18-5-4-6-33-18/h4-7,9,14-15,26H,3,8,10-11H2,1-2H3. The SMILES string of the molecule is CCOC(=O)CC1CN=C(C2Cc3cc(OC(F)(F)F)cc(N(C)S(=O)(=O)c4cccs4)c3N2)S1. The van der Waals surface area contributed by atoms with Gasteiger partial charge in [-0.2, -0.15) is 0 Å². The minimum absolute atomic E-state index is 0.0318. The van der Waals surface area contributed by atoms with Crippen LogP contribution in [0.4, 0.5) is 24.5 Å². The van der Waals surface area contributed by atoms with E-state index in [1.807, 2.05) is 0 Å². The van der Waals surface area contributed by atoms with E-state index in [2.05, 4.69) is 15.0 Å². The second-order valence-electron chi connectivity index (χ2n) is 7.76. The van der Waals surface area contributed by atoms with Crippen LogP contribution in [0.15, 0.2) is 38.8 Å². The fraction of sp³-hybridized carbons (Fsp3) is 0.429. The van der Waals surface area contributed by atoms with Crippen molar-refractivity contribution in [1.82, 2.24) is 0 Å². The van der Waals surface area contributed by atoms with Gasteiger partial charge in [0.25, 0.3) is 10.0 Å². The number of carbonyl (C=O) groups is 1. The van der Waals surface area contributed by atoms with Crippen LogP contribution in [0.5, 0.6) is 5.75 Å². The molecule has 0 aliphatic carbocycles. The van der Waals surface area contributed by atoms with Crippen LogP contribution in [0.25, 0.3) is 0 Å². The minimum atomic E-state index is -4.94. The lowest BCUT2D eigenvalue weighted by molar-refractivity contribution is -0.274. The average molecular weight is 550 g/mol. The lowest BCUT2D eigenvalue weighted by Crippen LogP contribution is -2.28. The first-order chi connectivity index (χ1) is 16.5. The number of hydrogen-bond donors (Lipinski definition) is 1. The highest BCUT2D eigenvalue weighted by Crippen LogP contribution is 2.43. The first-order valence-electron chi connectivity index (χ1n) is 10.6. The smallest absolute Gasteiger partial charge is 0.466 e. The van der Waals surface area contributed by atoms with Crippen LogP contribution in [0.1, 0.15) is 18.9 Å². The van der Waals surface area contributed by atoms with Gasteiger partial charge in [-0.1, -0.05) is 6.07 Å². The molecule has 3 heterocycles. The molecule has 2 unspecified atom stereocenters. The van der Waals surface area contributed by atoms with Crippen LogP contribution in [0.2, 0.25) is 0 Å². The molecule has 14 heteroatoms. The zero-order valence-corrected chi connectivity index (χ0v) is 21.1. The number of esters is 1. The average Bonchev–Trinajstić information content (AvgIpc) is 3.52. The van der Waals surface area contributed by atoms with Crippen LogP contribution in [-0.2, 0) is 26.0 Å². The largest absolute Gasteiger partial charge is 0.573 e. The molecule has 190 valence electrons. The molecule has 0 bridgehead atoms. The summed E-state index contributed by atoms with van der Waals surface area (Å²) in [6.07, 6.45) is -4.46. The van der Waals surface area contributed by atoms with Gasteiger partial charge in [-0.15, -0.1) is 36.3 Å². The quantitative estimate of drug-likeness (QED) is 0.491. The van der Waals surface area contributed by atoms with Crippen molar-refractivity contribution in [2.75, 3.05) is 29.8 Å². The third-order valence-electron chi connectivity index (χ3n) is 5.33. The van der Waals surface area contributed by atoms with Crippen molar-refractivity contribution < 1.29 is 35.9 Å². The molecular formula is C21H22F3N3O5S3. The van der Waals surface area contributed by atoms with Crippen LogP contribution in [0, 0.1) is 0 Å². The van der Waals surface area contributed by atoms with Gasteiger partial charge >= 0.3 is 12.3 Å². The number of halogens is 3. The van der Waals surface area contributed by atoms with Gasteiger partial charge in [0.2, 0.25) is 0 Å². The van der Waals surface area contributed by atoms with Gasteiger partial charge in [0.1, 0.15) is 9.96 Å². The third-order valence-corrected chi connectivity index (χ3v) is 9.78. The maximum Gasteiger partial charge on any atom is 0.573 e. The molecular weight excluding hydrogens is 527 g/mol. The lowest BCUT2D eigenvalue weighted by Gasteiger charge is -2.23. The van der Waals surface area contributed by atoms with E-state index in [1.165, 1.54) is 30.9 Å². The molecule has 0 spiro atoms. The van der Waals surface area contributed by atoms with Gasteiger partial charge in [0.15, 0.2) is 0 Å². The summed E-state index contributed by atoms with van der Waals surface area (Å²) in [6, 6.07) is 4.94. The highest BCUT2D eigenvalue weighted by molar-refractivity contribution is 8.15. The Morgan fingerprint density at radius 1 is 1.34 bits per heavy atom. The minimum Gasteiger partial charge on any atom is -0.466 e. The van der Waals surface area contributed by atoms with E-state index in [4.69, 9.17) is 4.74 Å². The van der Waals surface area contributed by atoms with Gasteiger partial charge in [-0.25, -0.2) is 8.42 Å². The van der Waals surface area contributed by atoms with E-state index in [1.54, 1.807) is 18.4 Å². The number of anilines is 2. The van der Waals surface area contributed by atoms with Crippen LogP contribution in [-0.4, -0.2) is 57.3 Å². The molecule has 2 aliphatic rings. The van der Waals surface area contributed by atoms with Crippen molar-refractivity contribution in [3.63, 3.8) is 0 Å². The first kappa shape index (κ1) is 25.6. The number of hydrogen-bond acceptors (Lipinski definition) is 9. The van der Waals surface area contributed by atoms with Crippen molar-refractivity contribution in [2.45, 2.75) is 41.6 Å². The van der Waals surface area contributed by atoms with E-state index in [0.717, 1.165) is 21.7 Å². The predicted octanol–water partition coefficient (Wildman–Crippen LogP) is 4.28. The summed E-state index contributed by atoms with van der Waals surface area (Å²) < 4.78 is 75.3. The van der Waals surface area contributed by atoms with E-state index in [9.17, 15) is 26.4 Å². The van der Waals surface area contributed by atoms with E-state index in [0.29, 0.717) is 22.8 Å². The first-order valence-corrected chi connectivity index (χ1v) is 13.8. The van der Waals surface area contributed by atoms with Crippen molar-refractivity contribution >= 4 is 55.5 Å². The topological polar surface area (TPSA) is 97.3 Å². The molecule has 1 aromatic heterocycles. The number of benzene rings is 1. The molecule has 2 aliphatic heterocycles. The summed E-state index contributed by atoms with van der Waals surface area (Å²) >= 11 is 2.42. The van der Waals surface area contributed by atoms with Crippen molar-refractivity contribution in [1.29, 1.82) is 0 Å². The number of alkyl halides is 3. The molecule has 1 aromatic carbocycles. The Bertz CT molecular complexity index is 1230. The second kappa shape index (κ2) is 9.90. The Kier molecular flexibility index (Phi) is 7.25. The number of sulfonamides is 1. The molecule has 35 heavy (non-hydrogen) atoms. The number of aliphatic imine (C=N–C) groups is 1. The molecule has 2 aromatic rings. The van der Waals surface area contributed by atoms with Crippen LogP contribution < -0.4 is 14.4 Å². The lowest BCUT2D eigenvalue weighted by atomic mass is 10.1. The van der Waals surface area contributed by atoms with Crippen molar-refractivity contribution in [3.05, 3.63) is 35.2 Å². The maximum atomic E-state index is 13.1. The van der Waals surface area contributed by atoms with Gasteiger partial charge in [0.05, 0.1) is 42.0 Å². The number of fused-ring (bicyclic) bond motifs is 1. The predicted molar refractivity (Wildman–Crippen MR) is 129 cm³/mol. The Morgan fingerprint density at radius 3 is 2.77 bits per heavy atom. The summed E-state index contributed by atoms with van der Waals surface area (Å²) in [5.74, 6) is -0.830. The highest BCUT2D eigenvalue weighted by Gasteiger charge is 2.37. The van der Waals surface area contributed by atoms with Crippen molar-refractivity contribution in [3.8, 4) is 5.75 Å². The summed E-state index contributed by atoms with van der Waals surface area (Å²) in [6.45, 7) is 2.43. The van der Waals surface area contributed by atoms with Crippen LogP contribution >= 0.6 is 23.1 Å². The molecule has 1 N–H and O–H groups in total. The molecule has 4 rings (SSSR count). The number of ether oxygens (including phenoxy) is 2. The van der Waals surface area contributed by atoms with Crippen molar-refractivity contribution in [2.24, 2.45) is 4.99 Å². The van der Waals surface area contributed by atoms with Gasteiger partial charge in [0, 0.05) is 24.8 Å². The number of rotatable bonds is 8. The number of nitrogens with zero attached hydrogens (tertiary/aromatic N) is 2. The second-order valence-corrected chi connectivity index (χ2v) is 12.2. The molecule has 2 atom stereocenters. The van der Waals surface area contributed by atoms with E-state index in [-0.39, 0.29) is 46.6 Å².